The predicted molar refractivity (Wildman–Crippen MR) is 126 cm³/mol. The van der Waals surface area contributed by atoms with Gasteiger partial charge in [-0.1, -0.05) is 42.5 Å². The molecule has 0 aliphatic heterocycles. The van der Waals surface area contributed by atoms with Crippen molar-refractivity contribution in [1.82, 2.24) is 14.5 Å². The summed E-state index contributed by atoms with van der Waals surface area (Å²) in [5.41, 5.74) is 6.17. The van der Waals surface area contributed by atoms with E-state index in [-0.39, 0.29) is 11.7 Å². The molecule has 4 aromatic rings. The molecule has 3 aromatic carbocycles. The van der Waals surface area contributed by atoms with Crippen LogP contribution in [-0.4, -0.2) is 27.4 Å². The summed E-state index contributed by atoms with van der Waals surface area (Å²) in [5, 5.41) is 0. The third kappa shape index (κ3) is 4.42. The number of halogens is 1. The molecule has 0 N–H and O–H groups in total. The molecule has 0 radical (unpaired) electrons. The molecule has 0 saturated heterocycles. The molecule has 1 atom stereocenters. The van der Waals surface area contributed by atoms with Gasteiger partial charge in [-0.05, 0) is 67.3 Å². The molecule has 4 nitrogen and oxygen atoms in total. The number of nitrogens with zero attached hydrogens (tertiary/aromatic N) is 3. The topological polar surface area (TPSA) is 38.1 Å². The summed E-state index contributed by atoms with van der Waals surface area (Å²) >= 11 is 0. The van der Waals surface area contributed by atoms with Crippen molar-refractivity contribution >= 4 is 16.9 Å². The average Bonchev–Trinajstić information content (AvgIpc) is 3.11. The van der Waals surface area contributed by atoms with Crippen molar-refractivity contribution in [3.05, 3.63) is 101 Å². The third-order valence-electron chi connectivity index (χ3n) is 6.04. The van der Waals surface area contributed by atoms with Crippen molar-refractivity contribution in [2.24, 2.45) is 0 Å². The number of hydrogen-bond acceptors (Lipinski definition) is 2. The number of carbonyl (C=O) groups is 1. The van der Waals surface area contributed by atoms with Crippen LogP contribution in [0.25, 0.3) is 11.0 Å². The largest absolute Gasteiger partial charge is 0.340 e. The number of likely N-dealkylation sites (N-methyl/N-ethyl adjacent to an activating group) is 1. The molecule has 4 rings (SSSR count). The first-order valence-electron chi connectivity index (χ1n) is 10.8. The van der Waals surface area contributed by atoms with E-state index in [1.54, 1.807) is 17.0 Å². The van der Waals surface area contributed by atoms with Crippen LogP contribution in [0.1, 0.15) is 41.0 Å². The number of carbonyl (C=O) groups excluding carboxylic acids is 1. The number of rotatable bonds is 6. The number of imidazole rings is 1. The molecule has 5 heteroatoms. The molecule has 0 fully saturated rings. The minimum atomic E-state index is -0.425. The fourth-order valence-electron chi connectivity index (χ4n) is 4.11. The smallest absolute Gasteiger partial charge is 0.245 e. The van der Waals surface area contributed by atoms with Gasteiger partial charge in [0, 0.05) is 20.0 Å². The minimum Gasteiger partial charge on any atom is -0.340 e. The summed E-state index contributed by atoms with van der Waals surface area (Å²) in [6.45, 7) is 6.60. The van der Waals surface area contributed by atoms with Crippen molar-refractivity contribution in [2.45, 2.75) is 39.8 Å². The number of aryl methyl sites for hydroxylation is 2. The fourth-order valence-corrected chi connectivity index (χ4v) is 4.11. The van der Waals surface area contributed by atoms with Crippen molar-refractivity contribution in [3.8, 4) is 0 Å². The van der Waals surface area contributed by atoms with Gasteiger partial charge in [-0.3, -0.25) is 4.79 Å². The van der Waals surface area contributed by atoms with Crippen LogP contribution in [0.4, 0.5) is 4.39 Å². The van der Waals surface area contributed by atoms with E-state index in [9.17, 15) is 9.18 Å². The Kier molecular flexibility index (Phi) is 6.08. The van der Waals surface area contributed by atoms with E-state index in [2.05, 4.69) is 26.0 Å². The second-order valence-electron chi connectivity index (χ2n) is 8.48. The van der Waals surface area contributed by atoms with E-state index >= 15 is 0 Å². The lowest BCUT2D eigenvalue weighted by Crippen LogP contribution is -2.33. The monoisotopic (exact) mass is 429 g/mol. The zero-order valence-electron chi connectivity index (χ0n) is 19.0. The highest BCUT2D eigenvalue weighted by Gasteiger charge is 2.25. The first kappa shape index (κ1) is 21.8. The van der Waals surface area contributed by atoms with Crippen LogP contribution in [0.5, 0.6) is 0 Å². The Labute approximate surface area is 188 Å². The lowest BCUT2D eigenvalue weighted by molar-refractivity contribution is -0.133. The molecular weight excluding hydrogens is 401 g/mol. The zero-order valence-corrected chi connectivity index (χ0v) is 19.0. The Hall–Kier alpha value is -3.47. The molecule has 0 bridgehead atoms. The summed E-state index contributed by atoms with van der Waals surface area (Å²) in [6, 6.07) is 20.2. The normalized spacial score (nSPS) is 12.2. The SMILES string of the molecule is Cc1cc2nc(Cc3ccc(F)cc3)n([C@@H](C)C(=O)N(C)Cc3ccccc3)c2cc1C. The van der Waals surface area contributed by atoms with Crippen molar-refractivity contribution < 1.29 is 9.18 Å². The van der Waals surface area contributed by atoms with Gasteiger partial charge in [0.25, 0.3) is 0 Å². The maximum atomic E-state index is 13.4. The first-order chi connectivity index (χ1) is 15.3. The fraction of sp³-hybridized carbons (Fsp3) is 0.259. The van der Waals surface area contributed by atoms with Gasteiger partial charge in [-0.2, -0.15) is 0 Å². The minimum absolute atomic E-state index is 0.0201. The van der Waals surface area contributed by atoms with Crippen molar-refractivity contribution in [3.63, 3.8) is 0 Å². The lowest BCUT2D eigenvalue weighted by Gasteiger charge is -2.24. The Balaban J connectivity index is 1.72. The maximum absolute atomic E-state index is 13.4. The highest BCUT2D eigenvalue weighted by molar-refractivity contribution is 5.85. The molecule has 0 spiro atoms. The van der Waals surface area contributed by atoms with Gasteiger partial charge < -0.3 is 9.47 Å². The number of amides is 1. The lowest BCUT2D eigenvalue weighted by atomic mass is 10.1. The van der Waals surface area contributed by atoms with Crippen LogP contribution < -0.4 is 0 Å². The van der Waals surface area contributed by atoms with Gasteiger partial charge in [0.05, 0.1) is 11.0 Å². The number of benzene rings is 3. The average molecular weight is 430 g/mol. The van der Waals surface area contributed by atoms with Crippen LogP contribution in [0.3, 0.4) is 0 Å². The third-order valence-corrected chi connectivity index (χ3v) is 6.04. The van der Waals surface area contributed by atoms with Gasteiger partial charge in [-0.25, -0.2) is 9.37 Å². The number of fused-ring (bicyclic) bond motifs is 1. The van der Waals surface area contributed by atoms with E-state index in [4.69, 9.17) is 4.98 Å². The Morgan fingerprint density at radius 1 is 1.00 bits per heavy atom. The van der Waals surface area contributed by atoms with E-state index < -0.39 is 6.04 Å². The first-order valence-corrected chi connectivity index (χ1v) is 10.8. The van der Waals surface area contributed by atoms with E-state index in [1.165, 1.54) is 12.1 Å². The van der Waals surface area contributed by atoms with Crippen LogP contribution in [-0.2, 0) is 17.8 Å². The second-order valence-corrected chi connectivity index (χ2v) is 8.48. The van der Waals surface area contributed by atoms with Gasteiger partial charge >= 0.3 is 0 Å². The van der Waals surface area contributed by atoms with Crippen molar-refractivity contribution in [2.75, 3.05) is 7.05 Å². The molecular formula is C27H28FN3O. The predicted octanol–water partition coefficient (Wildman–Crippen LogP) is 5.60. The van der Waals surface area contributed by atoms with Gasteiger partial charge in [0.1, 0.15) is 17.7 Å². The summed E-state index contributed by atoms with van der Waals surface area (Å²) in [6.07, 6.45) is 0.521. The number of aromatic nitrogens is 2. The highest BCUT2D eigenvalue weighted by atomic mass is 19.1. The van der Waals surface area contributed by atoms with Crippen LogP contribution >= 0.6 is 0 Å². The molecule has 0 unspecified atom stereocenters. The summed E-state index contributed by atoms with van der Waals surface area (Å²) in [7, 11) is 1.83. The molecule has 1 heterocycles. The molecule has 0 saturated carbocycles. The van der Waals surface area contributed by atoms with E-state index in [1.807, 2.05) is 48.9 Å². The Morgan fingerprint density at radius 2 is 1.66 bits per heavy atom. The van der Waals surface area contributed by atoms with Gasteiger partial charge in [0.2, 0.25) is 5.91 Å². The molecule has 164 valence electrons. The van der Waals surface area contributed by atoms with E-state index in [0.29, 0.717) is 13.0 Å². The van der Waals surface area contributed by atoms with Crippen LogP contribution in [0, 0.1) is 19.7 Å². The molecule has 1 aromatic heterocycles. The summed E-state index contributed by atoms with van der Waals surface area (Å²) in [5.74, 6) is 0.553. The second kappa shape index (κ2) is 8.95. The summed E-state index contributed by atoms with van der Waals surface area (Å²) < 4.78 is 15.4. The van der Waals surface area contributed by atoms with Crippen LogP contribution in [0.15, 0.2) is 66.7 Å². The van der Waals surface area contributed by atoms with Crippen LogP contribution in [0.2, 0.25) is 0 Å². The quantitative estimate of drug-likeness (QED) is 0.400. The Bertz CT molecular complexity index is 1250. The van der Waals surface area contributed by atoms with Crippen molar-refractivity contribution in [1.29, 1.82) is 0 Å². The molecule has 0 aliphatic rings. The molecule has 32 heavy (non-hydrogen) atoms. The number of hydrogen-bond donors (Lipinski definition) is 0. The summed E-state index contributed by atoms with van der Waals surface area (Å²) in [4.78, 5) is 20.1. The van der Waals surface area contributed by atoms with E-state index in [0.717, 1.165) is 39.1 Å². The Morgan fingerprint density at radius 3 is 2.34 bits per heavy atom. The highest BCUT2D eigenvalue weighted by Crippen LogP contribution is 2.27. The molecule has 1 amide bonds. The van der Waals surface area contributed by atoms with Gasteiger partial charge in [-0.15, -0.1) is 0 Å². The zero-order chi connectivity index (χ0) is 22.8. The standard InChI is InChI=1S/C27H28FN3O/c1-18-14-24-25(15-19(18)2)31(26(29-24)16-21-10-12-23(28)13-11-21)20(3)27(32)30(4)17-22-8-6-5-7-9-22/h5-15,20H,16-17H2,1-4H3/t20-/m0/s1. The molecule has 0 aliphatic carbocycles. The van der Waals surface area contributed by atoms with Gasteiger partial charge in [0.15, 0.2) is 0 Å². The maximum Gasteiger partial charge on any atom is 0.245 e.